The summed E-state index contributed by atoms with van der Waals surface area (Å²) in [5.74, 6) is 6.87. The Hall–Kier alpha value is 0.310. The average molecular weight is 239 g/mol. The van der Waals surface area contributed by atoms with Gasteiger partial charge in [0.15, 0.2) is 0 Å². The summed E-state index contributed by atoms with van der Waals surface area (Å²) in [5.41, 5.74) is 5.71. The lowest BCUT2D eigenvalue weighted by atomic mass is 9.52. The standard InChI is InChI=1S/C14H25NS/c1-9(7-15)16-8-14-12-3-10-2-11(5-12)6-13(14)4-10/h9-14H,2-8,15H2,1H3. The number of hydrogen-bond acceptors (Lipinski definition) is 2. The molecule has 4 aliphatic rings. The minimum atomic E-state index is 0.664. The Bertz CT molecular complexity index is 225. The van der Waals surface area contributed by atoms with Crippen LogP contribution in [-0.2, 0) is 0 Å². The molecule has 0 aromatic rings. The van der Waals surface area contributed by atoms with Crippen LogP contribution in [0.15, 0.2) is 0 Å². The second-order valence-electron chi connectivity index (χ2n) is 6.47. The molecule has 0 heterocycles. The highest BCUT2D eigenvalue weighted by molar-refractivity contribution is 7.99. The van der Waals surface area contributed by atoms with Crippen molar-refractivity contribution < 1.29 is 0 Å². The molecule has 4 fully saturated rings. The monoisotopic (exact) mass is 239 g/mol. The maximum absolute atomic E-state index is 5.71. The van der Waals surface area contributed by atoms with Gasteiger partial charge in [0.1, 0.15) is 0 Å². The number of rotatable bonds is 4. The van der Waals surface area contributed by atoms with Gasteiger partial charge in [-0.25, -0.2) is 0 Å². The van der Waals surface area contributed by atoms with Crippen molar-refractivity contribution in [3.63, 3.8) is 0 Å². The van der Waals surface area contributed by atoms with Crippen LogP contribution < -0.4 is 5.73 Å². The number of nitrogens with two attached hydrogens (primary N) is 1. The zero-order valence-electron chi connectivity index (χ0n) is 10.4. The first kappa shape index (κ1) is 11.4. The van der Waals surface area contributed by atoms with Crippen molar-refractivity contribution in [2.24, 2.45) is 35.3 Å². The van der Waals surface area contributed by atoms with Gasteiger partial charge < -0.3 is 5.73 Å². The van der Waals surface area contributed by atoms with Crippen LogP contribution in [0.5, 0.6) is 0 Å². The van der Waals surface area contributed by atoms with Crippen molar-refractivity contribution in [3.05, 3.63) is 0 Å². The predicted molar refractivity (Wildman–Crippen MR) is 71.5 cm³/mol. The molecule has 0 radical (unpaired) electrons. The molecule has 0 amide bonds. The molecule has 1 unspecified atom stereocenters. The summed E-state index contributed by atoms with van der Waals surface area (Å²) in [6, 6.07) is 0. The van der Waals surface area contributed by atoms with Crippen LogP contribution in [0.1, 0.15) is 39.0 Å². The van der Waals surface area contributed by atoms with Gasteiger partial charge in [0.2, 0.25) is 0 Å². The third-order valence-electron chi connectivity index (χ3n) is 5.33. The van der Waals surface area contributed by atoms with Crippen LogP contribution in [0.2, 0.25) is 0 Å². The van der Waals surface area contributed by atoms with Gasteiger partial charge in [0.25, 0.3) is 0 Å². The Kier molecular flexibility index (Phi) is 3.23. The second-order valence-corrected chi connectivity index (χ2v) is 7.95. The van der Waals surface area contributed by atoms with Gasteiger partial charge in [-0.05, 0) is 67.4 Å². The Morgan fingerprint density at radius 3 is 2.12 bits per heavy atom. The molecule has 2 N–H and O–H groups in total. The normalized spacial score (nSPS) is 47.2. The van der Waals surface area contributed by atoms with Crippen molar-refractivity contribution in [1.82, 2.24) is 0 Å². The SMILES string of the molecule is CC(CN)SCC1C2CC3CC(C2)CC1C3. The maximum atomic E-state index is 5.71. The Balaban J connectivity index is 1.59. The molecular weight excluding hydrogens is 214 g/mol. The summed E-state index contributed by atoms with van der Waals surface area (Å²) < 4.78 is 0. The number of thioether (sulfide) groups is 1. The van der Waals surface area contributed by atoms with Crippen LogP contribution in [-0.4, -0.2) is 17.5 Å². The van der Waals surface area contributed by atoms with E-state index in [-0.39, 0.29) is 0 Å². The smallest absolute Gasteiger partial charge is 0.0142 e. The van der Waals surface area contributed by atoms with Gasteiger partial charge in [0.05, 0.1) is 0 Å². The second kappa shape index (κ2) is 4.53. The van der Waals surface area contributed by atoms with Gasteiger partial charge in [-0.1, -0.05) is 6.92 Å². The summed E-state index contributed by atoms with van der Waals surface area (Å²) in [4.78, 5) is 0. The highest BCUT2D eigenvalue weighted by atomic mass is 32.2. The minimum Gasteiger partial charge on any atom is -0.329 e. The zero-order chi connectivity index (χ0) is 11.1. The third kappa shape index (κ3) is 2.03. The lowest BCUT2D eigenvalue weighted by molar-refractivity contribution is -0.0261. The molecule has 4 rings (SSSR count). The van der Waals surface area contributed by atoms with E-state index in [4.69, 9.17) is 5.73 Å². The first-order valence-corrected chi connectivity index (χ1v) is 8.12. The molecule has 4 bridgehead atoms. The van der Waals surface area contributed by atoms with E-state index < -0.39 is 0 Å². The van der Waals surface area contributed by atoms with Crippen molar-refractivity contribution in [1.29, 1.82) is 0 Å². The van der Waals surface area contributed by atoms with E-state index in [1.807, 2.05) is 0 Å². The van der Waals surface area contributed by atoms with E-state index in [2.05, 4.69) is 18.7 Å². The molecule has 0 saturated heterocycles. The van der Waals surface area contributed by atoms with E-state index in [0.717, 1.165) is 36.1 Å². The summed E-state index contributed by atoms with van der Waals surface area (Å²) in [5, 5.41) is 0.664. The quantitative estimate of drug-likeness (QED) is 0.815. The first-order chi connectivity index (χ1) is 7.76. The van der Waals surface area contributed by atoms with E-state index >= 15 is 0 Å². The van der Waals surface area contributed by atoms with E-state index in [0.29, 0.717) is 5.25 Å². The highest BCUT2D eigenvalue weighted by Gasteiger charge is 2.47. The maximum Gasteiger partial charge on any atom is 0.0142 e. The Morgan fingerprint density at radius 2 is 1.62 bits per heavy atom. The molecule has 2 heteroatoms. The molecule has 0 spiro atoms. The molecule has 1 atom stereocenters. The van der Waals surface area contributed by atoms with Crippen molar-refractivity contribution in [2.45, 2.75) is 44.3 Å². The van der Waals surface area contributed by atoms with Crippen LogP contribution in [0.4, 0.5) is 0 Å². The fourth-order valence-electron chi connectivity index (χ4n) is 4.65. The molecule has 0 aromatic carbocycles. The summed E-state index contributed by atoms with van der Waals surface area (Å²) in [7, 11) is 0. The molecule has 0 aliphatic heterocycles. The molecule has 4 saturated carbocycles. The zero-order valence-corrected chi connectivity index (χ0v) is 11.2. The molecule has 16 heavy (non-hydrogen) atoms. The van der Waals surface area contributed by atoms with Crippen LogP contribution in [0.3, 0.4) is 0 Å². The largest absolute Gasteiger partial charge is 0.329 e. The topological polar surface area (TPSA) is 26.0 Å². The Morgan fingerprint density at radius 1 is 1.06 bits per heavy atom. The Labute approximate surface area is 104 Å². The molecule has 4 aliphatic carbocycles. The third-order valence-corrected chi connectivity index (χ3v) is 6.67. The highest BCUT2D eigenvalue weighted by Crippen LogP contribution is 2.57. The molecule has 0 aromatic heterocycles. The summed E-state index contributed by atoms with van der Waals surface area (Å²) >= 11 is 2.13. The first-order valence-electron chi connectivity index (χ1n) is 7.08. The fourth-order valence-corrected chi connectivity index (χ4v) is 5.88. The summed E-state index contributed by atoms with van der Waals surface area (Å²) in [6.45, 7) is 3.12. The minimum absolute atomic E-state index is 0.664. The van der Waals surface area contributed by atoms with Crippen molar-refractivity contribution >= 4 is 11.8 Å². The fraction of sp³-hybridized carbons (Fsp3) is 1.00. The van der Waals surface area contributed by atoms with Gasteiger partial charge in [-0.3, -0.25) is 0 Å². The predicted octanol–water partition coefficient (Wildman–Crippen LogP) is 3.14. The van der Waals surface area contributed by atoms with Gasteiger partial charge >= 0.3 is 0 Å². The molecule has 92 valence electrons. The van der Waals surface area contributed by atoms with E-state index in [1.165, 1.54) is 5.75 Å². The van der Waals surface area contributed by atoms with E-state index in [1.54, 1.807) is 32.1 Å². The lowest BCUT2D eigenvalue weighted by Gasteiger charge is -2.54. The van der Waals surface area contributed by atoms with Crippen LogP contribution >= 0.6 is 11.8 Å². The van der Waals surface area contributed by atoms with Crippen molar-refractivity contribution in [3.8, 4) is 0 Å². The van der Waals surface area contributed by atoms with Gasteiger partial charge in [-0.2, -0.15) is 11.8 Å². The number of hydrogen-bond donors (Lipinski definition) is 1. The average Bonchev–Trinajstić information content (AvgIpc) is 2.26. The lowest BCUT2D eigenvalue weighted by Crippen LogP contribution is -2.46. The summed E-state index contributed by atoms with van der Waals surface area (Å²) in [6.07, 6.45) is 7.83. The van der Waals surface area contributed by atoms with Crippen LogP contribution in [0, 0.1) is 29.6 Å². The van der Waals surface area contributed by atoms with Gasteiger partial charge in [0, 0.05) is 11.8 Å². The molecule has 1 nitrogen and oxygen atoms in total. The molecular formula is C14H25NS. The van der Waals surface area contributed by atoms with Gasteiger partial charge in [-0.15, -0.1) is 0 Å². The van der Waals surface area contributed by atoms with E-state index in [9.17, 15) is 0 Å². The van der Waals surface area contributed by atoms with Crippen LogP contribution in [0.25, 0.3) is 0 Å². The van der Waals surface area contributed by atoms with Crippen molar-refractivity contribution in [2.75, 3.05) is 12.3 Å².